The Hall–Kier alpha value is -1.06. The number of anilines is 1. The Morgan fingerprint density at radius 2 is 1.95 bits per heavy atom. The third-order valence-electron chi connectivity index (χ3n) is 3.32. The van der Waals surface area contributed by atoms with Gasteiger partial charge < -0.3 is 5.32 Å². The molecule has 0 aliphatic carbocycles. The van der Waals surface area contributed by atoms with E-state index in [9.17, 15) is 0 Å². The highest BCUT2D eigenvalue weighted by Crippen LogP contribution is 2.29. The molecule has 0 radical (unpaired) electrons. The minimum atomic E-state index is 0.496. The molecule has 0 aliphatic rings. The number of benzene rings is 1. The van der Waals surface area contributed by atoms with Gasteiger partial charge in [-0.15, -0.1) is 11.3 Å². The lowest BCUT2D eigenvalue weighted by atomic mass is 9.94. The summed E-state index contributed by atoms with van der Waals surface area (Å²) in [4.78, 5) is 4.28. The van der Waals surface area contributed by atoms with Gasteiger partial charge in [-0.2, -0.15) is 0 Å². The van der Waals surface area contributed by atoms with Crippen LogP contribution in [0.15, 0.2) is 24.4 Å². The van der Waals surface area contributed by atoms with Crippen LogP contribution in [0.5, 0.6) is 0 Å². The van der Waals surface area contributed by atoms with Crippen molar-refractivity contribution < 1.29 is 0 Å². The van der Waals surface area contributed by atoms with E-state index >= 15 is 0 Å². The van der Waals surface area contributed by atoms with Gasteiger partial charge in [-0.25, -0.2) is 4.98 Å². The van der Waals surface area contributed by atoms with E-state index in [1.807, 2.05) is 0 Å². The number of hydrogen-bond donors (Lipinski definition) is 1. The van der Waals surface area contributed by atoms with Crippen molar-refractivity contribution >= 4 is 28.6 Å². The highest BCUT2D eigenvalue weighted by atomic mass is 35.5. The fraction of sp³-hybridized carbons (Fsp3) is 0.438. The molecule has 1 N–H and O–H groups in total. The molecular formula is C16H21ClN2S. The second-order valence-electron chi connectivity index (χ2n) is 5.57. The highest BCUT2D eigenvalue weighted by molar-refractivity contribution is 7.15. The zero-order chi connectivity index (χ0) is 14.7. The summed E-state index contributed by atoms with van der Waals surface area (Å²) in [6.07, 6.45) is 1.70. The van der Waals surface area contributed by atoms with Gasteiger partial charge in [0.2, 0.25) is 0 Å². The number of nitrogens with one attached hydrogen (secondary N) is 1. The highest BCUT2D eigenvalue weighted by Gasteiger charge is 2.10. The van der Waals surface area contributed by atoms with E-state index in [2.05, 4.69) is 56.2 Å². The largest absolute Gasteiger partial charge is 0.378 e. The van der Waals surface area contributed by atoms with Crippen molar-refractivity contribution in [2.45, 2.75) is 46.1 Å². The van der Waals surface area contributed by atoms with E-state index in [0.717, 1.165) is 15.9 Å². The molecule has 0 saturated heterocycles. The van der Waals surface area contributed by atoms with Crippen LogP contribution in [0.25, 0.3) is 0 Å². The summed E-state index contributed by atoms with van der Waals surface area (Å²) in [5.74, 6) is 1.05. The zero-order valence-electron chi connectivity index (χ0n) is 12.4. The lowest BCUT2D eigenvalue weighted by Crippen LogP contribution is -2.04. The van der Waals surface area contributed by atoms with Crippen molar-refractivity contribution in [2.75, 3.05) is 5.32 Å². The molecule has 20 heavy (non-hydrogen) atoms. The van der Waals surface area contributed by atoms with Crippen LogP contribution in [0, 0.1) is 0 Å². The van der Waals surface area contributed by atoms with Crippen molar-refractivity contribution in [3.63, 3.8) is 0 Å². The second kappa shape index (κ2) is 6.59. The Bertz CT molecular complexity index is 576. The lowest BCUT2D eigenvalue weighted by molar-refractivity contribution is 0.833. The Morgan fingerprint density at radius 1 is 1.20 bits per heavy atom. The summed E-state index contributed by atoms with van der Waals surface area (Å²) >= 11 is 7.43. The summed E-state index contributed by atoms with van der Waals surface area (Å²) in [5, 5.41) is 4.49. The van der Waals surface area contributed by atoms with Crippen LogP contribution in [0.2, 0.25) is 4.34 Å². The maximum Gasteiger partial charge on any atom is 0.113 e. The van der Waals surface area contributed by atoms with Gasteiger partial charge in [0, 0.05) is 5.69 Å². The van der Waals surface area contributed by atoms with Crippen LogP contribution in [0.3, 0.4) is 0 Å². The van der Waals surface area contributed by atoms with Crippen LogP contribution in [-0.4, -0.2) is 4.98 Å². The summed E-state index contributed by atoms with van der Waals surface area (Å²) in [5.41, 5.74) is 3.94. The van der Waals surface area contributed by atoms with E-state index in [4.69, 9.17) is 11.6 Å². The van der Waals surface area contributed by atoms with Crippen molar-refractivity contribution in [1.82, 2.24) is 4.98 Å². The molecule has 1 aromatic carbocycles. The van der Waals surface area contributed by atoms with Crippen LogP contribution < -0.4 is 5.32 Å². The standard InChI is InChI=1S/C16H21ClN2S/c1-10(2)12-5-6-14(13(7-12)11(3)4)18-9-16-19-8-15(17)20-16/h5-8,10-11,18H,9H2,1-4H3. The Balaban J connectivity index is 2.18. The molecule has 0 spiro atoms. The fourth-order valence-corrected chi connectivity index (χ4v) is 3.02. The molecule has 2 rings (SSSR count). The van der Waals surface area contributed by atoms with Gasteiger partial charge >= 0.3 is 0 Å². The zero-order valence-corrected chi connectivity index (χ0v) is 14.0. The minimum Gasteiger partial charge on any atom is -0.378 e. The van der Waals surface area contributed by atoms with Gasteiger partial charge in [0.1, 0.15) is 9.34 Å². The molecule has 0 unspecified atom stereocenters. The molecule has 1 aromatic heterocycles. The van der Waals surface area contributed by atoms with E-state index in [-0.39, 0.29) is 0 Å². The number of hydrogen-bond acceptors (Lipinski definition) is 3. The molecule has 108 valence electrons. The van der Waals surface area contributed by atoms with Gasteiger partial charge in [0.25, 0.3) is 0 Å². The maximum absolute atomic E-state index is 5.91. The summed E-state index contributed by atoms with van der Waals surface area (Å²) < 4.78 is 0.737. The quantitative estimate of drug-likeness (QED) is 0.771. The van der Waals surface area contributed by atoms with Crippen molar-refractivity contribution in [3.8, 4) is 0 Å². The van der Waals surface area contributed by atoms with Gasteiger partial charge in [0.05, 0.1) is 12.7 Å². The maximum atomic E-state index is 5.91. The van der Waals surface area contributed by atoms with E-state index in [0.29, 0.717) is 11.8 Å². The molecule has 0 bridgehead atoms. The SMILES string of the molecule is CC(C)c1ccc(NCc2ncc(Cl)s2)c(C(C)C)c1. The second-order valence-corrected chi connectivity index (χ2v) is 7.31. The molecular weight excluding hydrogens is 288 g/mol. The molecule has 0 aliphatic heterocycles. The first-order valence-corrected chi connectivity index (χ1v) is 8.14. The van der Waals surface area contributed by atoms with Crippen molar-refractivity contribution in [2.24, 2.45) is 0 Å². The summed E-state index contributed by atoms with van der Waals surface area (Å²) in [6, 6.07) is 6.69. The van der Waals surface area contributed by atoms with Gasteiger partial charge in [-0.1, -0.05) is 51.4 Å². The van der Waals surface area contributed by atoms with Crippen LogP contribution in [-0.2, 0) is 6.54 Å². The van der Waals surface area contributed by atoms with Crippen LogP contribution in [0.4, 0.5) is 5.69 Å². The van der Waals surface area contributed by atoms with Crippen molar-refractivity contribution in [1.29, 1.82) is 0 Å². The van der Waals surface area contributed by atoms with E-state index in [1.54, 1.807) is 6.20 Å². The molecule has 2 aromatic rings. The third kappa shape index (κ3) is 3.74. The minimum absolute atomic E-state index is 0.496. The predicted molar refractivity (Wildman–Crippen MR) is 89.1 cm³/mol. The number of nitrogens with zero attached hydrogens (tertiary/aromatic N) is 1. The Kier molecular flexibility index (Phi) is 5.06. The van der Waals surface area contributed by atoms with E-state index in [1.165, 1.54) is 28.2 Å². The topological polar surface area (TPSA) is 24.9 Å². The average Bonchev–Trinajstić information content (AvgIpc) is 2.81. The molecule has 0 atom stereocenters. The molecule has 0 fully saturated rings. The molecule has 0 saturated carbocycles. The average molecular weight is 309 g/mol. The van der Waals surface area contributed by atoms with E-state index < -0.39 is 0 Å². The first-order valence-electron chi connectivity index (χ1n) is 6.95. The molecule has 4 heteroatoms. The van der Waals surface area contributed by atoms with Gasteiger partial charge in [0.15, 0.2) is 0 Å². The van der Waals surface area contributed by atoms with Crippen molar-refractivity contribution in [3.05, 3.63) is 44.9 Å². The lowest BCUT2D eigenvalue weighted by Gasteiger charge is -2.17. The number of halogens is 1. The van der Waals surface area contributed by atoms with Crippen LogP contribution in [0.1, 0.15) is 55.7 Å². The van der Waals surface area contributed by atoms with Crippen LogP contribution >= 0.6 is 22.9 Å². The first-order chi connectivity index (χ1) is 9.47. The smallest absolute Gasteiger partial charge is 0.113 e. The fourth-order valence-electron chi connectivity index (χ4n) is 2.12. The first kappa shape index (κ1) is 15.3. The number of aromatic nitrogens is 1. The Labute approximate surface area is 130 Å². The van der Waals surface area contributed by atoms with Gasteiger partial charge in [-0.3, -0.25) is 0 Å². The molecule has 1 heterocycles. The predicted octanol–water partition coefficient (Wildman–Crippen LogP) is 5.66. The monoisotopic (exact) mass is 308 g/mol. The Morgan fingerprint density at radius 3 is 2.50 bits per heavy atom. The molecule has 0 amide bonds. The van der Waals surface area contributed by atoms with Gasteiger partial charge in [-0.05, 0) is 29.0 Å². The number of rotatable bonds is 5. The number of thiazole rings is 1. The normalized spacial score (nSPS) is 11.3. The molecule has 2 nitrogen and oxygen atoms in total. The third-order valence-corrected chi connectivity index (χ3v) is 4.43. The summed E-state index contributed by atoms with van der Waals surface area (Å²) in [7, 11) is 0. The summed E-state index contributed by atoms with van der Waals surface area (Å²) in [6.45, 7) is 9.63.